The van der Waals surface area contributed by atoms with Gasteiger partial charge in [0.2, 0.25) is 11.8 Å². The standard InChI is InChI=1S/C42H43F2N7O4/c43-30-20-28(21-31(44)23-30)19-27-3-9-37-36(22-27)40(49-48-37)47-42(54)35-7-6-33(24-38(35)45-32-11-17-55-18-12-32)51-15-13-50(14-16-51)25-26-1-4-29(5-2-26)34-8-10-39(52)46-41(34)53/h1-7,9,20-24,32,34,45H,8,10-19,25H2,(H,46,52,53)(H2,47,48,49,54). The lowest BCUT2D eigenvalue weighted by atomic mass is 9.90. The van der Waals surface area contributed by atoms with Crippen molar-refractivity contribution < 1.29 is 27.9 Å². The molecule has 1 atom stereocenters. The fraction of sp³-hybridized carbons (Fsp3) is 0.333. The number of anilines is 3. The number of nitrogens with zero attached hydrogens (tertiary/aromatic N) is 3. The van der Waals surface area contributed by atoms with Crippen LogP contribution >= 0.6 is 0 Å². The van der Waals surface area contributed by atoms with E-state index in [4.69, 9.17) is 4.74 Å². The third-order valence-electron chi connectivity index (χ3n) is 10.8. The van der Waals surface area contributed by atoms with E-state index in [0.717, 1.165) is 79.7 Å². The summed E-state index contributed by atoms with van der Waals surface area (Å²) in [5.74, 6) is -1.90. The summed E-state index contributed by atoms with van der Waals surface area (Å²) in [4.78, 5) is 42.6. The van der Waals surface area contributed by atoms with Gasteiger partial charge in [-0.1, -0.05) is 30.3 Å². The molecular weight excluding hydrogens is 705 g/mol. The maximum Gasteiger partial charge on any atom is 0.258 e. The molecule has 4 N–H and O–H groups in total. The maximum atomic E-state index is 13.9. The van der Waals surface area contributed by atoms with Crippen molar-refractivity contribution in [3.63, 3.8) is 0 Å². The Labute approximate surface area is 317 Å². The highest BCUT2D eigenvalue weighted by atomic mass is 19.1. The monoisotopic (exact) mass is 747 g/mol. The zero-order chi connectivity index (χ0) is 37.9. The molecule has 0 radical (unpaired) electrons. The first-order valence-corrected chi connectivity index (χ1v) is 18.9. The summed E-state index contributed by atoms with van der Waals surface area (Å²) in [5, 5.41) is 17.1. The van der Waals surface area contributed by atoms with Crippen molar-refractivity contribution in [3.05, 3.63) is 118 Å². The number of aromatic amines is 1. The Bertz CT molecular complexity index is 2190. The number of benzene rings is 4. The number of hydrogen-bond donors (Lipinski definition) is 4. The number of aromatic nitrogens is 2. The lowest BCUT2D eigenvalue weighted by Crippen LogP contribution is -2.46. The van der Waals surface area contributed by atoms with E-state index < -0.39 is 11.6 Å². The lowest BCUT2D eigenvalue weighted by Gasteiger charge is -2.36. The molecule has 284 valence electrons. The Hall–Kier alpha value is -5.66. The number of rotatable bonds is 10. The molecule has 3 amide bonds. The molecule has 3 saturated heterocycles. The number of halogens is 2. The number of hydrogen-bond acceptors (Lipinski definition) is 8. The molecule has 0 spiro atoms. The number of carbonyl (C=O) groups excluding carboxylic acids is 3. The van der Waals surface area contributed by atoms with E-state index in [1.165, 1.54) is 17.7 Å². The molecule has 11 nitrogen and oxygen atoms in total. The molecule has 3 aliphatic rings. The molecule has 1 aromatic heterocycles. The Balaban J connectivity index is 0.943. The minimum absolute atomic E-state index is 0.162. The van der Waals surface area contributed by atoms with Crippen LogP contribution in [-0.4, -0.2) is 78.3 Å². The van der Waals surface area contributed by atoms with Crippen LogP contribution in [0.5, 0.6) is 0 Å². The van der Waals surface area contributed by atoms with E-state index in [0.29, 0.717) is 54.8 Å². The first kappa shape index (κ1) is 36.3. The zero-order valence-electron chi connectivity index (χ0n) is 30.4. The molecule has 1 unspecified atom stereocenters. The van der Waals surface area contributed by atoms with Crippen molar-refractivity contribution in [1.82, 2.24) is 20.4 Å². The van der Waals surface area contributed by atoms with Gasteiger partial charge in [-0.25, -0.2) is 8.78 Å². The molecule has 4 aromatic carbocycles. The Morgan fingerprint density at radius 1 is 0.836 bits per heavy atom. The molecule has 55 heavy (non-hydrogen) atoms. The number of piperidine rings is 1. The average Bonchev–Trinajstić information content (AvgIpc) is 3.57. The van der Waals surface area contributed by atoms with Crippen molar-refractivity contribution in [1.29, 1.82) is 0 Å². The summed E-state index contributed by atoms with van der Waals surface area (Å²) in [5.41, 5.74) is 6.44. The summed E-state index contributed by atoms with van der Waals surface area (Å²) >= 11 is 0. The first-order valence-electron chi connectivity index (χ1n) is 18.9. The van der Waals surface area contributed by atoms with E-state index in [1.54, 1.807) is 0 Å². The van der Waals surface area contributed by atoms with Crippen LogP contribution in [0.1, 0.15) is 64.2 Å². The van der Waals surface area contributed by atoms with Crippen LogP contribution < -0.4 is 20.9 Å². The van der Waals surface area contributed by atoms with Gasteiger partial charge in [0, 0.05) is 81.2 Å². The quantitative estimate of drug-likeness (QED) is 0.126. The van der Waals surface area contributed by atoms with Crippen molar-refractivity contribution in [2.45, 2.75) is 50.6 Å². The van der Waals surface area contributed by atoms with E-state index >= 15 is 0 Å². The van der Waals surface area contributed by atoms with Crippen LogP contribution in [0, 0.1) is 11.6 Å². The summed E-state index contributed by atoms with van der Waals surface area (Å²) < 4.78 is 33.3. The second-order valence-corrected chi connectivity index (χ2v) is 14.6. The molecule has 5 aromatic rings. The fourth-order valence-electron chi connectivity index (χ4n) is 7.79. The average molecular weight is 748 g/mol. The highest BCUT2D eigenvalue weighted by molar-refractivity contribution is 6.11. The summed E-state index contributed by atoms with van der Waals surface area (Å²) in [6, 6.07) is 23.3. The minimum atomic E-state index is -0.626. The van der Waals surface area contributed by atoms with Gasteiger partial charge in [0.1, 0.15) is 11.6 Å². The molecule has 4 heterocycles. The van der Waals surface area contributed by atoms with Crippen LogP contribution in [-0.2, 0) is 27.3 Å². The van der Waals surface area contributed by atoms with Gasteiger partial charge in [-0.3, -0.25) is 29.7 Å². The zero-order valence-corrected chi connectivity index (χ0v) is 30.4. The van der Waals surface area contributed by atoms with Gasteiger partial charge in [0.15, 0.2) is 5.82 Å². The van der Waals surface area contributed by atoms with Crippen molar-refractivity contribution in [2.75, 3.05) is 54.9 Å². The molecule has 0 bridgehead atoms. The number of ether oxygens (including phenoxy) is 1. The molecule has 3 aliphatic heterocycles. The third-order valence-corrected chi connectivity index (χ3v) is 10.8. The van der Waals surface area contributed by atoms with Crippen LogP contribution in [0.25, 0.3) is 10.9 Å². The molecular formula is C42H43F2N7O4. The third kappa shape index (κ3) is 8.53. The number of H-pyrrole nitrogens is 1. The van der Waals surface area contributed by atoms with Crippen LogP contribution in [0.4, 0.5) is 26.0 Å². The van der Waals surface area contributed by atoms with E-state index in [2.05, 4.69) is 54.1 Å². The van der Waals surface area contributed by atoms with Crippen molar-refractivity contribution in [3.8, 4) is 0 Å². The van der Waals surface area contributed by atoms with Crippen molar-refractivity contribution >= 4 is 45.8 Å². The van der Waals surface area contributed by atoms with Gasteiger partial charge >= 0.3 is 0 Å². The molecule has 3 fully saturated rings. The summed E-state index contributed by atoms with van der Waals surface area (Å²) in [7, 11) is 0. The number of imide groups is 1. The summed E-state index contributed by atoms with van der Waals surface area (Å²) in [6.45, 7) is 5.48. The Morgan fingerprint density at radius 2 is 1.58 bits per heavy atom. The van der Waals surface area contributed by atoms with E-state index in [1.807, 2.05) is 42.5 Å². The minimum Gasteiger partial charge on any atom is -0.381 e. The lowest BCUT2D eigenvalue weighted by molar-refractivity contribution is -0.134. The van der Waals surface area contributed by atoms with Crippen LogP contribution in [0.2, 0.25) is 0 Å². The second-order valence-electron chi connectivity index (χ2n) is 14.6. The predicted molar refractivity (Wildman–Crippen MR) is 206 cm³/mol. The maximum absolute atomic E-state index is 13.9. The second kappa shape index (κ2) is 16.0. The number of piperazine rings is 1. The number of nitrogens with one attached hydrogen (secondary N) is 4. The molecule has 0 aliphatic carbocycles. The Morgan fingerprint density at radius 3 is 2.33 bits per heavy atom. The predicted octanol–water partition coefficient (Wildman–Crippen LogP) is 6.12. The smallest absolute Gasteiger partial charge is 0.258 e. The number of amides is 3. The highest BCUT2D eigenvalue weighted by Crippen LogP contribution is 2.30. The number of fused-ring (bicyclic) bond motifs is 1. The van der Waals surface area contributed by atoms with Gasteiger partial charge in [-0.2, -0.15) is 5.10 Å². The molecule has 0 saturated carbocycles. The topological polar surface area (TPSA) is 132 Å². The fourth-order valence-corrected chi connectivity index (χ4v) is 7.79. The highest BCUT2D eigenvalue weighted by Gasteiger charge is 2.28. The molecule has 13 heteroatoms. The summed E-state index contributed by atoms with van der Waals surface area (Å²) in [6.07, 6.45) is 2.89. The molecule has 8 rings (SSSR count). The van der Waals surface area contributed by atoms with E-state index in [-0.39, 0.29) is 29.7 Å². The van der Waals surface area contributed by atoms with E-state index in [9.17, 15) is 23.2 Å². The van der Waals surface area contributed by atoms with Crippen molar-refractivity contribution in [2.24, 2.45) is 0 Å². The first-order chi connectivity index (χ1) is 26.7. The van der Waals surface area contributed by atoms with Gasteiger partial charge in [0.25, 0.3) is 5.91 Å². The van der Waals surface area contributed by atoms with Gasteiger partial charge in [0.05, 0.1) is 17.0 Å². The van der Waals surface area contributed by atoms with Gasteiger partial charge in [-0.15, -0.1) is 0 Å². The van der Waals surface area contributed by atoms with Gasteiger partial charge in [-0.05, 0) is 90.4 Å². The Kier molecular flexibility index (Phi) is 10.6. The van der Waals surface area contributed by atoms with Crippen LogP contribution in [0.3, 0.4) is 0 Å². The SMILES string of the molecule is O=C1CCC(c2ccc(CN3CCN(c4ccc(C(=O)Nc5n[nH]c6ccc(Cc7cc(F)cc(F)c7)cc56)c(NC5CCOCC5)c4)CC3)cc2)C(=O)N1. The normalized spacial score (nSPS) is 18.4. The number of carbonyl (C=O) groups is 3. The largest absolute Gasteiger partial charge is 0.381 e. The van der Waals surface area contributed by atoms with Gasteiger partial charge < -0.3 is 20.3 Å². The van der Waals surface area contributed by atoms with Crippen LogP contribution in [0.15, 0.2) is 78.9 Å².